The Labute approximate surface area is 165 Å². The van der Waals surface area contributed by atoms with Gasteiger partial charge in [0.1, 0.15) is 11.5 Å². The molecule has 0 aliphatic heterocycles. The van der Waals surface area contributed by atoms with Crippen molar-refractivity contribution >= 4 is 11.6 Å². The Balaban J connectivity index is 1.66. The number of amides is 1. The molecular formula is C23H24N2O3. The van der Waals surface area contributed by atoms with Gasteiger partial charge in [-0.3, -0.25) is 9.78 Å². The number of aryl methyl sites for hydroxylation is 2. The van der Waals surface area contributed by atoms with Gasteiger partial charge in [0, 0.05) is 12.8 Å². The van der Waals surface area contributed by atoms with Crippen molar-refractivity contribution < 1.29 is 14.3 Å². The van der Waals surface area contributed by atoms with Gasteiger partial charge < -0.3 is 14.8 Å². The van der Waals surface area contributed by atoms with Gasteiger partial charge in [0.25, 0.3) is 5.91 Å². The predicted molar refractivity (Wildman–Crippen MR) is 110 cm³/mol. The fourth-order valence-corrected chi connectivity index (χ4v) is 2.85. The van der Waals surface area contributed by atoms with Crippen molar-refractivity contribution in [3.8, 4) is 11.5 Å². The molecule has 0 atom stereocenters. The number of carbonyl (C=O) groups is 1. The van der Waals surface area contributed by atoms with Crippen LogP contribution < -0.4 is 10.1 Å². The first kappa shape index (κ1) is 19.6. The SMILES string of the molecule is CCc1cccc(Oc2ccc(NC(=O)c3ccc(COC)nc3C)cc2)c1. The number of pyridine rings is 1. The fraction of sp³-hybridized carbons (Fsp3) is 0.217. The van der Waals surface area contributed by atoms with E-state index in [-0.39, 0.29) is 5.91 Å². The van der Waals surface area contributed by atoms with Crippen LogP contribution in [0.2, 0.25) is 0 Å². The molecule has 0 spiro atoms. The number of ether oxygens (including phenoxy) is 2. The monoisotopic (exact) mass is 376 g/mol. The molecule has 0 aliphatic carbocycles. The van der Waals surface area contributed by atoms with E-state index in [9.17, 15) is 4.79 Å². The van der Waals surface area contributed by atoms with Gasteiger partial charge >= 0.3 is 0 Å². The molecule has 144 valence electrons. The van der Waals surface area contributed by atoms with Gasteiger partial charge in [0.2, 0.25) is 0 Å². The zero-order chi connectivity index (χ0) is 19.9. The molecule has 2 aromatic carbocycles. The smallest absolute Gasteiger partial charge is 0.257 e. The highest BCUT2D eigenvalue weighted by Crippen LogP contribution is 2.24. The van der Waals surface area contributed by atoms with Crippen LogP contribution in [0.3, 0.4) is 0 Å². The summed E-state index contributed by atoms with van der Waals surface area (Å²) in [5.74, 6) is 1.32. The summed E-state index contributed by atoms with van der Waals surface area (Å²) in [6.45, 7) is 4.35. The van der Waals surface area contributed by atoms with Crippen molar-refractivity contribution in [3.05, 3.63) is 83.2 Å². The van der Waals surface area contributed by atoms with Crippen molar-refractivity contribution in [1.82, 2.24) is 4.98 Å². The molecule has 0 fully saturated rings. The summed E-state index contributed by atoms with van der Waals surface area (Å²) in [6, 6.07) is 18.9. The zero-order valence-corrected chi connectivity index (χ0v) is 16.4. The molecule has 1 amide bonds. The van der Waals surface area contributed by atoms with Crippen LogP contribution in [0.25, 0.3) is 0 Å². The van der Waals surface area contributed by atoms with Crippen LogP contribution in [-0.4, -0.2) is 18.0 Å². The quantitative estimate of drug-likeness (QED) is 0.620. The molecule has 1 heterocycles. The van der Waals surface area contributed by atoms with E-state index in [1.165, 1.54) is 5.56 Å². The molecule has 3 aromatic rings. The van der Waals surface area contributed by atoms with Crippen LogP contribution in [0.15, 0.2) is 60.7 Å². The number of anilines is 1. The van der Waals surface area contributed by atoms with Crippen LogP contribution >= 0.6 is 0 Å². The van der Waals surface area contributed by atoms with Crippen molar-refractivity contribution in [2.24, 2.45) is 0 Å². The maximum Gasteiger partial charge on any atom is 0.257 e. The summed E-state index contributed by atoms with van der Waals surface area (Å²) in [5.41, 5.74) is 3.92. The maximum atomic E-state index is 12.5. The van der Waals surface area contributed by atoms with E-state index >= 15 is 0 Å². The van der Waals surface area contributed by atoms with Gasteiger partial charge in [-0.2, -0.15) is 0 Å². The number of nitrogens with zero attached hydrogens (tertiary/aromatic N) is 1. The topological polar surface area (TPSA) is 60.5 Å². The normalized spacial score (nSPS) is 10.5. The second-order valence-corrected chi connectivity index (χ2v) is 6.45. The number of methoxy groups -OCH3 is 1. The molecule has 0 saturated carbocycles. The summed E-state index contributed by atoms with van der Waals surface area (Å²) >= 11 is 0. The van der Waals surface area contributed by atoms with E-state index in [1.807, 2.05) is 49.4 Å². The average molecular weight is 376 g/mol. The minimum Gasteiger partial charge on any atom is -0.457 e. The minimum atomic E-state index is -0.196. The fourth-order valence-electron chi connectivity index (χ4n) is 2.85. The number of benzene rings is 2. The first-order valence-corrected chi connectivity index (χ1v) is 9.22. The summed E-state index contributed by atoms with van der Waals surface area (Å²) < 4.78 is 11.0. The molecule has 0 aliphatic rings. The molecule has 5 nitrogen and oxygen atoms in total. The molecule has 3 rings (SSSR count). The van der Waals surface area contributed by atoms with Gasteiger partial charge in [-0.15, -0.1) is 0 Å². The lowest BCUT2D eigenvalue weighted by molar-refractivity contribution is 0.102. The molecule has 1 aromatic heterocycles. The first-order valence-electron chi connectivity index (χ1n) is 9.22. The third-order valence-electron chi connectivity index (χ3n) is 4.33. The van der Waals surface area contributed by atoms with Crippen LogP contribution in [0.5, 0.6) is 11.5 Å². The Kier molecular flexibility index (Phi) is 6.40. The molecule has 0 unspecified atom stereocenters. The molecule has 0 radical (unpaired) electrons. The second-order valence-electron chi connectivity index (χ2n) is 6.45. The third kappa shape index (κ3) is 4.96. The number of nitrogens with one attached hydrogen (secondary N) is 1. The van der Waals surface area contributed by atoms with E-state index in [0.717, 1.165) is 17.9 Å². The largest absolute Gasteiger partial charge is 0.457 e. The van der Waals surface area contributed by atoms with Crippen LogP contribution in [0, 0.1) is 6.92 Å². The van der Waals surface area contributed by atoms with Gasteiger partial charge in [-0.25, -0.2) is 0 Å². The van der Waals surface area contributed by atoms with Crippen LogP contribution in [-0.2, 0) is 17.8 Å². The van der Waals surface area contributed by atoms with E-state index in [1.54, 1.807) is 19.2 Å². The molecule has 5 heteroatoms. The summed E-state index contributed by atoms with van der Waals surface area (Å²) in [4.78, 5) is 16.9. The van der Waals surface area contributed by atoms with Crippen LogP contribution in [0.4, 0.5) is 5.69 Å². The highest BCUT2D eigenvalue weighted by Gasteiger charge is 2.11. The maximum absolute atomic E-state index is 12.5. The standard InChI is InChI=1S/C23H24N2O3/c1-4-17-6-5-7-21(14-17)28-20-11-8-18(9-12-20)25-23(26)22-13-10-19(15-27-3)24-16(22)2/h5-14H,4,15H2,1-3H3,(H,25,26). The zero-order valence-electron chi connectivity index (χ0n) is 16.4. The lowest BCUT2D eigenvalue weighted by atomic mass is 10.1. The van der Waals surface area contributed by atoms with Gasteiger partial charge in [0.15, 0.2) is 0 Å². The van der Waals surface area contributed by atoms with E-state index in [2.05, 4.69) is 23.3 Å². The van der Waals surface area contributed by atoms with E-state index in [0.29, 0.717) is 29.3 Å². The highest BCUT2D eigenvalue weighted by atomic mass is 16.5. The molecule has 0 bridgehead atoms. The van der Waals surface area contributed by atoms with E-state index in [4.69, 9.17) is 9.47 Å². The third-order valence-corrected chi connectivity index (χ3v) is 4.33. The van der Waals surface area contributed by atoms with Gasteiger partial charge in [0.05, 0.1) is 23.6 Å². The number of aromatic nitrogens is 1. The summed E-state index contributed by atoms with van der Waals surface area (Å²) in [7, 11) is 1.62. The number of carbonyl (C=O) groups excluding carboxylic acids is 1. The van der Waals surface area contributed by atoms with Crippen molar-refractivity contribution in [2.45, 2.75) is 26.9 Å². The molecule has 0 saturated heterocycles. The Hall–Kier alpha value is -3.18. The average Bonchev–Trinajstić information content (AvgIpc) is 2.70. The molecular weight excluding hydrogens is 352 g/mol. The van der Waals surface area contributed by atoms with Crippen molar-refractivity contribution in [1.29, 1.82) is 0 Å². The Morgan fingerprint density at radius 1 is 1.04 bits per heavy atom. The van der Waals surface area contributed by atoms with Crippen molar-refractivity contribution in [2.75, 3.05) is 12.4 Å². The van der Waals surface area contributed by atoms with Crippen LogP contribution in [0.1, 0.15) is 34.2 Å². The number of hydrogen-bond acceptors (Lipinski definition) is 4. The number of rotatable bonds is 7. The second kappa shape index (κ2) is 9.15. The minimum absolute atomic E-state index is 0.196. The highest BCUT2D eigenvalue weighted by molar-refractivity contribution is 6.05. The Morgan fingerprint density at radius 2 is 1.82 bits per heavy atom. The summed E-state index contributed by atoms with van der Waals surface area (Å²) in [5, 5.41) is 2.89. The van der Waals surface area contributed by atoms with Gasteiger partial charge in [-0.05, 0) is 67.4 Å². The Morgan fingerprint density at radius 3 is 2.50 bits per heavy atom. The first-order chi connectivity index (χ1) is 13.6. The lowest BCUT2D eigenvalue weighted by Crippen LogP contribution is -2.14. The number of hydrogen-bond donors (Lipinski definition) is 1. The lowest BCUT2D eigenvalue weighted by Gasteiger charge is -2.10. The Bertz CT molecular complexity index is 952. The predicted octanol–water partition coefficient (Wildman–Crippen LogP) is 5.14. The van der Waals surface area contributed by atoms with E-state index < -0.39 is 0 Å². The van der Waals surface area contributed by atoms with Gasteiger partial charge in [-0.1, -0.05) is 19.1 Å². The van der Waals surface area contributed by atoms with Crippen molar-refractivity contribution in [3.63, 3.8) is 0 Å². The molecule has 1 N–H and O–H groups in total. The molecule has 28 heavy (non-hydrogen) atoms. The summed E-state index contributed by atoms with van der Waals surface area (Å²) in [6.07, 6.45) is 0.961.